The number of benzene rings is 1. The second-order valence-corrected chi connectivity index (χ2v) is 5.55. The first kappa shape index (κ1) is 12.7. The van der Waals surface area contributed by atoms with Crippen LogP contribution < -0.4 is 0 Å². The number of aliphatic hydroxyl groups excluding tert-OH is 1. The second-order valence-electron chi connectivity index (χ2n) is 3.63. The van der Waals surface area contributed by atoms with E-state index in [2.05, 4.69) is 4.74 Å². The molecule has 1 N–H and O–H groups in total. The van der Waals surface area contributed by atoms with Crippen LogP contribution in [0.1, 0.15) is 5.56 Å². The van der Waals surface area contributed by atoms with Crippen molar-refractivity contribution in [2.75, 3.05) is 7.11 Å². The Morgan fingerprint density at radius 1 is 1.44 bits per heavy atom. The van der Waals surface area contributed by atoms with Crippen molar-refractivity contribution in [3.05, 3.63) is 34.5 Å². The maximum atomic E-state index is 13.4. The molecular weight excluding hydrogens is 263 g/mol. The van der Waals surface area contributed by atoms with E-state index in [0.717, 1.165) is 19.3 Å². The summed E-state index contributed by atoms with van der Waals surface area (Å²) >= 11 is 0. The van der Waals surface area contributed by atoms with Crippen LogP contribution in [-0.4, -0.2) is 32.7 Å². The van der Waals surface area contributed by atoms with Gasteiger partial charge < -0.3 is 9.84 Å². The fourth-order valence-corrected chi connectivity index (χ4v) is 3.31. The van der Waals surface area contributed by atoms with Crippen molar-refractivity contribution < 1.29 is 27.4 Å². The summed E-state index contributed by atoms with van der Waals surface area (Å²) in [4.78, 5) is 10.3. The number of carbonyl (C=O) groups is 1. The Morgan fingerprint density at radius 2 is 2.11 bits per heavy atom. The molecule has 2 rings (SSSR count). The number of hydrogen-bond donors (Lipinski definition) is 1. The highest BCUT2D eigenvalue weighted by molar-refractivity contribution is 7.96. The number of aliphatic hydroxyl groups is 1. The molecule has 0 radical (unpaired) electrons. The number of esters is 1. The Balaban J connectivity index is 2.59. The highest BCUT2D eigenvalue weighted by Crippen LogP contribution is 2.35. The minimum Gasteiger partial charge on any atom is -0.467 e. The number of hydrogen-bond acceptors (Lipinski definition) is 5. The molecule has 0 bridgehead atoms. The molecule has 1 aromatic rings. The molecule has 1 atom stereocenters. The molecule has 1 aromatic carbocycles. The first-order valence-electron chi connectivity index (χ1n) is 4.90. The number of methoxy groups -OCH3 is 1. The molecular formula is C11H9FO5S. The van der Waals surface area contributed by atoms with Gasteiger partial charge in [0.2, 0.25) is 9.84 Å². The third-order valence-electron chi connectivity index (χ3n) is 2.59. The molecule has 1 heterocycles. The lowest BCUT2D eigenvalue weighted by molar-refractivity contribution is -0.147. The number of fused-ring (bicyclic) bond motifs is 1. The van der Waals surface area contributed by atoms with Gasteiger partial charge in [-0.05, 0) is 18.2 Å². The quantitative estimate of drug-likeness (QED) is 0.792. The van der Waals surface area contributed by atoms with Gasteiger partial charge in [-0.1, -0.05) is 6.07 Å². The van der Waals surface area contributed by atoms with Gasteiger partial charge in [-0.25, -0.2) is 17.6 Å². The second kappa shape index (κ2) is 4.18. The van der Waals surface area contributed by atoms with E-state index in [4.69, 9.17) is 0 Å². The van der Waals surface area contributed by atoms with E-state index in [-0.39, 0.29) is 10.5 Å². The standard InChI is InChI=1S/C11H9FO5S/c1-17-11(14)10(13)9-5-6-7(12)3-2-4-8(6)18(9,15)16/h2-5,10,13H,1H3. The average molecular weight is 272 g/mol. The fourth-order valence-electron chi connectivity index (χ4n) is 1.69. The Hall–Kier alpha value is -1.73. The lowest BCUT2D eigenvalue weighted by atomic mass is 10.2. The smallest absolute Gasteiger partial charge is 0.340 e. The zero-order valence-corrected chi connectivity index (χ0v) is 10.1. The van der Waals surface area contributed by atoms with Gasteiger partial charge in [0.1, 0.15) is 5.82 Å². The van der Waals surface area contributed by atoms with Crippen LogP contribution in [0.15, 0.2) is 28.0 Å². The molecule has 1 unspecified atom stereocenters. The van der Waals surface area contributed by atoms with Crippen molar-refractivity contribution in [2.45, 2.75) is 11.0 Å². The summed E-state index contributed by atoms with van der Waals surface area (Å²) in [5.41, 5.74) is -0.157. The van der Waals surface area contributed by atoms with Crippen LogP contribution in [-0.2, 0) is 19.4 Å². The van der Waals surface area contributed by atoms with Crippen LogP contribution in [0.3, 0.4) is 0 Å². The van der Waals surface area contributed by atoms with E-state index in [1.54, 1.807) is 0 Å². The number of rotatable bonds is 2. The summed E-state index contributed by atoms with van der Waals surface area (Å²) in [6.45, 7) is 0. The lowest BCUT2D eigenvalue weighted by Crippen LogP contribution is -2.26. The minimum absolute atomic E-state index is 0.157. The Bertz CT molecular complexity index is 647. The van der Waals surface area contributed by atoms with Crippen molar-refractivity contribution in [3.63, 3.8) is 0 Å². The van der Waals surface area contributed by atoms with E-state index in [9.17, 15) is 22.7 Å². The summed E-state index contributed by atoms with van der Waals surface area (Å²) in [7, 11) is -3.04. The minimum atomic E-state index is -4.05. The summed E-state index contributed by atoms with van der Waals surface area (Å²) < 4.78 is 41.7. The maximum Gasteiger partial charge on any atom is 0.340 e. The predicted molar refractivity (Wildman–Crippen MR) is 59.6 cm³/mol. The van der Waals surface area contributed by atoms with Crippen LogP contribution in [0.2, 0.25) is 0 Å². The highest BCUT2D eigenvalue weighted by atomic mass is 32.2. The highest BCUT2D eigenvalue weighted by Gasteiger charge is 2.38. The van der Waals surface area contributed by atoms with E-state index in [1.807, 2.05) is 0 Å². The maximum absolute atomic E-state index is 13.4. The van der Waals surface area contributed by atoms with Crippen LogP contribution in [0.5, 0.6) is 0 Å². The Kier molecular flexibility index (Phi) is 2.95. The molecule has 0 fully saturated rings. The molecule has 0 spiro atoms. The molecule has 0 aromatic heterocycles. The molecule has 0 aliphatic carbocycles. The number of sulfone groups is 1. The van der Waals surface area contributed by atoms with Crippen molar-refractivity contribution in [1.82, 2.24) is 0 Å². The molecule has 0 saturated heterocycles. The van der Waals surface area contributed by atoms with Gasteiger partial charge in [0, 0.05) is 5.56 Å². The van der Waals surface area contributed by atoms with Crippen LogP contribution in [0.25, 0.3) is 6.08 Å². The van der Waals surface area contributed by atoms with Gasteiger partial charge >= 0.3 is 5.97 Å². The van der Waals surface area contributed by atoms with Gasteiger partial charge in [0.25, 0.3) is 0 Å². The topological polar surface area (TPSA) is 80.7 Å². The molecule has 0 amide bonds. The summed E-state index contributed by atoms with van der Waals surface area (Å²) in [6, 6.07) is 3.55. The molecule has 0 saturated carbocycles. The van der Waals surface area contributed by atoms with Crippen LogP contribution >= 0.6 is 0 Å². The van der Waals surface area contributed by atoms with Crippen molar-refractivity contribution in [2.24, 2.45) is 0 Å². The molecule has 18 heavy (non-hydrogen) atoms. The van der Waals surface area contributed by atoms with E-state index < -0.39 is 32.6 Å². The van der Waals surface area contributed by atoms with Gasteiger partial charge in [0.05, 0.1) is 16.9 Å². The third kappa shape index (κ3) is 1.72. The molecule has 1 aliphatic heterocycles. The molecule has 5 nitrogen and oxygen atoms in total. The van der Waals surface area contributed by atoms with Crippen LogP contribution in [0.4, 0.5) is 4.39 Å². The molecule has 96 valence electrons. The van der Waals surface area contributed by atoms with E-state index in [1.165, 1.54) is 12.1 Å². The van der Waals surface area contributed by atoms with Gasteiger partial charge in [-0.2, -0.15) is 0 Å². The number of ether oxygens (including phenoxy) is 1. The van der Waals surface area contributed by atoms with E-state index >= 15 is 0 Å². The zero-order valence-electron chi connectivity index (χ0n) is 9.25. The normalized spacial score (nSPS) is 17.8. The summed E-state index contributed by atoms with van der Waals surface area (Å²) in [6.07, 6.45) is -1.01. The molecule has 1 aliphatic rings. The van der Waals surface area contributed by atoms with E-state index in [0.29, 0.717) is 0 Å². The molecule has 7 heteroatoms. The largest absolute Gasteiger partial charge is 0.467 e. The first-order chi connectivity index (χ1) is 8.39. The van der Waals surface area contributed by atoms with Gasteiger partial charge in [-0.15, -0.1) is 0 Å². The monoisotopic (exact) mass is 272 g/mol. The SMILES string of the molecule is COC(=O)C(O)C1=Cc2c(F)cccc2S1(=O)=O. The van der Waals surface area contributed by atoms with Crippen LogP contribution in [0, 0.1) is 5.82 Å². The third-order valence-corrected chi connectivity index (χ3v) is 4.49. The predicted octanol–water partition coefficient (Wildman–Crippen LogP) is 0.488. The number of carbonyl (C=O) groups excluding carboxylic acids is 1. The summed E-state index contributed by atoms with van der Waals surface area (Å²) in [5.74, 6) is -1.85. The van der Waals surface area contributed by atoms with Gasteiger partial charge in [0.15, 0.2) is 6.10 Å². The first-order valence-corrected chi connectivity index (χ1v) is 6.39. The Labute approximate surface area is 102 Å². The number of halogens is 1. The Morgan fingerprint density at radius 3 is 2.67 bits per heavy atom. The average Bonchev–Trinajstić information content (AvgIpc) is 2.61. The van der Waals surface area contributed by atoms with Crippen molar-refractivity contribution >= 4 is 21.9 Å². The zero-order chi connectivity index (χ0) is 13.5. The lowest BCUT2D eigenvalue weighted by Gasteiger charge is -2.09. The van der Waals surface area contributed by atoms with Gasteiger partial charge in [-0.3, -0.25) is 0 Å². The van der Waals surface area contributed by atoms with Crippen molar-refractivity contribution in [3.8, 4) is 0 Å². The fraction of sp³-hybridized carbons (Fsp3) is 0.182. The summed E-state index contributed by atoms with van der Waals surface area (Å²) in [5, 5.41) is 9.57. The van der Waals surface area contributed by atoms with Crippen molar-refractivity contribution in [1.29, 1.82) is 0 Å².